The Labute approximate surface area is 193 Å². The lowest BCUT2D eigenvalue weighted by Crippen LogP contribution is -2.27. The first-order valence-electron chi connectivity index (χ1n) is 11.2. The lowest BCUT2D eigenvalue weighted by atomic mass is 10.1. The van der Waals surface area contributed by atoms with Crippen LogP contribution in [-0.4, -0.2) is 17.6 Å². The number of hydrogen-bond donors (Lipinski definition) is 1. The number of carbonyl (C=O) groups is 2. The van der Waals surface area contributed by atoms with Gasteiger partial charge in [-0.15, -0.1) is 11.8 Å². The molecule has 0 saturated carbocycles. The highest BCUT2D eigenvalue weighted by atomic mass is 32.2. The van der Waals surface area contributed by atoms with E-state index in [-0.39, 0.29) is 17.2 Å². The van der Waals surface area contributed by atoms with E-state index < -0.39 is 0 Å². The van der Waals surface area contributed by atoms with E-state index in [1.807, 2.05) is 53.4 Å². The SMILES string of the molecule is CCc1ccc(C(=O)Nc2ccc(C3SCC(=O)N3c3ccc4c(c3)CCC4)cc2)cc1. The standard InChI is InChI=1S/C27H26N2O2S/c1-2-18-6-8-20(9-7-18)26(31)28-23-13-10-21(11-14-23)27-29(25(30)17-32-27)24-15-12-19-4-3-5-22(19)16-24/h6-16,27H,2-5,17H2,1H3,(H,28,31). The summed E-state index contributed by atoms with van der Waals surface area (Å²) in [6.07, 6.45) is 4.38. The Morgan fingerprint density at radius 1 is 1.00 bits per heavy atom. The average Bonchev–Trinajstić information content (AvgIpc) is 3.45. The number of amides is 2. The molecule has 1 aliphatic heterocycles. The second-order valence-corrected chi connectivity index (χ2v) is 9.43. The van der Waals surface area contributed by atoms with Gasteiger partial charge in [0.1, 0.15) is 5.37 Å². The summed E-state index contributed by atoms with van der Waals surface area (Å²) in [7, 11) is 0. The van der Waals surface area contributed by atoms with Crippen LogP contribution in [0, 0.1) is 0 Å². The van der Waals surface area contributed by atoms with E-state index in [4.69, 9.17) is 0 Å². The van der Waals surface area contributed by atoms with Crippen LogP contribution >= 0.6 is 11.8 Å². The predicted molar refractivity (Wildman–Crippen MR) is 131 cm³/mol. The third-order valence-corrected chi connectivity index (χ3v) is 7.52. The Morgan fingerprint density at radius 3 is 2.50 bits per heavy atom. The molecule has 1 aliphatic carbocycles. The molecule has 0 bridgehead atoms. The number of thioether (sulfide) groups is 1. The summed E-state index contributed by atoms with van der Waals surface area (Å²) in [6, 6.07) is 22.0. The molecule has 3 aromatic rings. The lowest BCUT2D eigenvalue weighted by molar-refractivity contribution is -0.115. The number of nitrogens with one attached hydrogen (secondary N) is 1. The van der Waals surface area contributed by atoms with Crippen LogP contribution in [0.5, 0.6) is 0 Å². The molecule has 32 heavy (non-hydrogen) atoms. The molecule has 1 saturated heterocycles. The van der Waals surface area contributed by atoms with Crippen molar-refractivity contribution in [2.75, 3.05) is 16.0 Å². The van der Waals surface area contributed by atoms with Crippen LogP contribution in [0.2, 0.25) is 0 Å². The van der Waals surface area contributed by atoms with Gasteiger partial charge in [-0.2, -0.15) is 0 Å². The van der Waals surface area contributed by atoms with E-state index >= 15 is 0 Å². The minimum absolute atomic E-state index is 0.0479. The molecule has 162 valence electrons. The molecule has 1 heterocycles. The molecule has 5 heteroatoms. The molecule has 2 amide bonds. The fourth-order valence-electron chi connectivity index (χ4n) is 4.48. The number of aryl methyl sites for hydroxylation is 3. The quantitative estimate of drug-likeness (QED) is 0.546. The number of rotatable bonds is 5. The maximum Gasteiger partial charge on any atom is 0.255 e. The minimum atomic E-state index is -0.120. The van der Waals surface area contributed by atoms with Crippen LogP contribution in [0.25, 0.3) is 0 Å². The third-order valence-electron chi connectivity index (χ3n) is 6.31. The zero-order valence-corrected chi connectivity index (χ0v) is 19.0. The average molecular weight is 443 g/mol. The highest BCUT2D eigenvalue weighted by molar-refractivity contribution is 8.00. The van der Waals surface area contributed by atoms with Gasteiger partial charge in [0.2, 0.25) is 5.91 Å². The maximum absolute atomic E-state index is 12.7. The molecule has 1 N–H and O–H groups in total. The van der Waals surface area contributed by atoms with Gasteiger partial charge in [-0.3, -0.25) is 14.5 Å². The molecule has 5 rings (SSSR count). The number of nitrogens with zero attached hydrogens (tertiary/aromatic N) is 1. The topological polar surface area (TPSA) is 49.4 Å². The molecule has 0 radical (unpaired) electrons. The van der Waals surface area contributed by atoms with Crippen molar-refractivity contribution in [3.8, 4) is 0 Å². The van der Waals surface area contributed by atoms with Gasteiger partial charge in [0.05, 0.1) is 5.75 Å². The lowest BCUT2D eigenvalue weighted by Gasteiger charge is -2.25. The molecule has 2 aliphatic rings. The summed E-state index contributed by atoms with van der Waals surface area (Å²) in [5.74, 6) is 0.505. The monoisotopic (exact) mass is 442 g/mol. The van der Waals surface area contributed by atoms with Gasteiger partial charge in [-0.05, 0) is 84.3 Å². The van der Waals surface area contributed by atoms with Crippen LogP contribution in [0.15, 0.2) is 66.7 Å². The molecule has 3 aromatic carbocycles. The normalized spacial score (nSPS) is 17.5. The highest BCUT2D eigenvalue weighted by Gasteiger charge is 2.34. The van der Waals surface area contributed by atoms with Crippen molar-refractivity contribution >= 4 is 35.0 Å². The number of carbonyl (C=O) groups excluding carboxylic acids is 2. The van der Waals surface area contributed by atoms with Crippen molar-refractivity contribution in [1.29, 1.82) is 0 Å². The van der Waals surface area contributed by atoms with Crippen molar-refractivity contribution in [2.24, 2.45) is 0 Å². The van der Waals surface area contributed by atoms with Crippen molar-refractivity contribution in [3.63, 3.8) is 0 Å². The van der Waals surface area contributed by atoms with Crippen LogP contribution in [-0.2, 0) is 24.1 Å². The largest absolute Gasteiger partial charge is 0.322 e. The summed E-state index contributed by atoms with van der Waals surface area (Å²) >= 11 is 1.65. The maximum atomic E-state index is 12.7. The zero-order chi connectivity index (χ0) is 22.1. The fraction of sp³-hybridized carbons (Fsp3) is 0.259. The van der Waals surface area contributed by atoms with Crippen LogP contribution in [0.1, 0.15) is 51.3 Å². The Bertz CT molecular complexity index is 1160. The number of fused-ring (bicyclic) bond motifs is 1. The van der Waals surface area contributed by atoms with Crippen molar-refractivity contribution in [2.45, 2.75) is 38.0 Å². The van der Waals surface area contributed by atoms with E-state index in [0.717, 1.165) is 36.2 Å². The van der Waals surface area contributed by atoms with Gasteiger partial charge < -0.3 is 5.32 Å². The predicted octanol–water partition coefficient (Wildman–Crippen LogP) is 5.77. The van der Waals surface area contributed by atoms with Gasteiger partial charge in [0.25, 0.3) is 5.91 Å². The summed E-state index contributed by atoms with van der Waals surface area (Å²) in [6.45, 7) is 2.10. The minimum Gasteiger partial charge on any atom is -0.322 e. The van der Waals surface area contributed by atoms with Gasteiger partial charge in [0, 0.05) is 16.9 Å². The van der Waals surface area contributed by atoms with Crippen molar-refractivity contribution in [3.05, 3.63) is 94.5 Å². The summed E-state index contributed by atoms with van der Waals surface area (Å²) in [4.78, 5) is 27.2. The fourth-order valence-corrected chi connectivity index (χ4v) is 5.66. The number of anilines is 2. The van der Waals surface area contributed by atoms with E-state index in [2.05, 4.69) is 30.4 Å². The van der Waals surface area contributed by atoms with Crippen LogP contribution in [0.3, 0.4) is 0 Å². The highest BCUT2D eigenvalue weighted by Crippen LogP contribution is 2.43. The van der Waals surface area contributed by atoms with Gasteiger partial charge in [-0.25, -0.2) is 0 Å². The second kappa shape index (κ2) is 8.83. The Hall–Kier alpha value is -3.05. The number of benzene rings is 3. The summed E-state index contributed by atoms with van der Waals surface area (Å²) in [5.41, 5.74) is 7.43. The van der Waals surface area contributed by atoms with Gasteiger partial charge in [-0.1, -0.05) is 37.3 Å². The molecule has 0 spiro atoms. The molecule has 1 unspecified atom stereocenters. The van der Waals surface area contributed by atoms with Gasteiger partial charge in [0.15, 0.2) is 0 Å². The Morgan fingerprint density at radius 2 is 1.75 bits per heavy atom. The third kappa shape index (κ3) is 4.05. The molecule has 0 aromatic heterocycles. The van der Waals surface area contributed by atoms with Crippen molar-refractivity contribution < 1.29 is 9.59 Å². The molecule has 1 atom stereocenters. The summed E-state index contributed by atoms with van der Waals surface area (Å²) in [5, 5.41) is 2.92. The molecule has 1 fully saturated rings. The zero-order valence-electron chi connectivity index (χ0n) is 18.1. The summed E-state index contributed by atoms with van der Waals surface area (Å²) < 4.78 is 0. The van der Waals surface area contributed by atoms with E-state index in [1.165, 1.54) is 23.1 Å². The Kier molecular flexibility index (Phi) is 5.75. The van der Waals surface area contributed by atoms with Crippen LogP contribution in [0.4, 0.5) is 11.4 Å². The Balaban J connectivity index is 1.32. The van der Waals surface area contributed by atoms with Gasteiger partial charge >= 0.3 is 0 Å². The number of hydrogen-bond acceptors (Lipinski definition) is 3. The molecule has 4 nitrogen and oxygen atoms in total. The smallest absolute Gasteiger partial charge is 0.255 e. The van der Waals surface area contributed by atoms with E-state index in [0.29, 0.717) is 11.3 Å². The van der Waals surface area contributed by atoms with E-state index in [1.54, 1.807) is 11.8 Å². The molecular weight excluding hydrogens is 416 g/mol. The second-order valence-electron chi connectivity index (χ2n) is 8.36. The first-order valence-corrected chi connectivity index (χ1v) is 12.2. The van der Waals surface area contributed by atoms with Crippen molar-refractivity contribution in [1.82, 2.24) is 0 Å². The van der Waals surface area contributed by atoms with E-state index in [9.17, 15) is 9.59 Å². The van der Waals surface area contributed by atoms with Crippen LogP contribution < -0.4 is 10.2 Å². The molecular formula is C27H26N2O2S. The first kappa shape index (κ1) is 20.8. The first-order chi connectivity index (χ1) is 15.6.